The van der Waals surface area contributed by atoms with Gasteiger partial charge in [0.15, 0.2) is 11.5 Å². The highest BCUT2D eigenvalue weighted by Crippen LogP contribution is 2.50. The minimum atomic E-state index is -0.760. The van der Waals surface area contributed by atoms with Crippen LogP contribution in [0.2, 0.25) is 0 Å². The fraction of sp³-hybridized carbons (Fsp3) is 0.400. The molecule has 0 spiro atoms. The molecule has 1 aliphatic rings. The molecular weight excluding hydrogens is 590 g/mol. The van der Waals surface area contributed by atoms with Crippen molar-refractivity contribution in [2.24, 2.45) is 5.92 Å². The summed E-state index contributed by atoms with van der Waals surface area (Å²) in [4.78, 5) is 39.9. The Bertz CT molecular complexity index is 1660. The molecule has 4 rings (SSSR count). The lowest BCUT2D eigenvalue weighted by molar-refractivity contribution is -0.120. The van der Waals surface area contributed by atoms with Crippen molar-refractivity contribution in [1.82, 2.24) is 5.32 Å². The van der Waals surface area contributed by atoms with Crippen LogP contribution in [-0.2, 0) is 16.0 Å². The molecule has 46 heavy (non-hydrogen) atoms. The number of anilines is 2. The molecule has 0 heterocycles. The number of carbonyl (C=O) groups is 2. The lowest BCUT2D eigenvalue weighted by atomic mass is 9.95. The monoisotopic (exact) mass is 633 g/mol. The standard InChI is InChI=1S/C35H43N3O8/c1-9-19(2)32(35(41)38-27-14-11-22(42-4)17-29(27)43-5)37-26-15-12-23-24(18-28(26)40)25(36-20(3)39)13-10-21-16-30(44-6)33(45-7)34(46-8)31(21)23/h11-12,14-19,25,32H,9-10,13H2,1-8H3,(H,36,39)(H,37,40)(H,38,41). The SMILES string of the molecule is CCC(C)C(Nc1ccc2c(cc1=O)C(NC(C)=O)CCc1cc(OC)c(OC)c(OC)c1-2)C(=O)Nc1ccc(OC)cc1OC. The van der Waals surface area contributed by atoms with Gasteiger partial charge in [0.25, 0.3) is 0 Å². The number of nitrogens with one attached hydrogen (secondary N) is 3. The Morgan fingerprint density at radius 1 is 0.870 bits per heavy atom. The van der Waals surface area contributed by atoms with E-state index in [2.05, 4.69) is 16.0 Å². The number of aryl methyl sites for hydroxylation is 1. The molecule has 0 aromatic heterocycles. The normalized spacial score (nSPS) is 14.7. The first-order valence-electron chi connectivity index (χ1n) is 15.2. The van der Waals surface area contributed by atoms with Gasteiger partial charge in [-0.15, -0.1) is 0 Å². The van der Waals surface area contributed by atoms with Gasteiger partial charge < -0.3 is 39.6 Å². The van der Waals surface area contributed by atoms with E-state index in [1.165, 1.54) is 27.2 Å². The third-order valence-electron chi connectivity index (χ3n) is 8.39. The van der Waals surface area contributed by atoms with E-state index in [1.807, 2.05) is 26.0 Å². The van der Waals surface area contributed by atoms with Crippen LogP contribution in [-0.4, -0.2) is 53.4 Å². The summed E-state index contributed by atoms with van der Waals surface area (Å²) in [6.45, 7) is 5.37. The second-order valence-corrected chi connectivity index (χ2v) is 11.2. The number of ether oxygens (including phenoxy) is 5. The Kier molecular flexibility index (Phi) is 11.0. The van der Waals surface area contributed by atoms with Crippen LogP contribution in [0.4, 0.5) is 11.4 Å². The van der Waals surface area contributed by atoms with Crippen LogP contribution in [0, 0.1) is 5.92 Å². The predicted molar refractivity (Wildman–Crippen MR) is 178 cm³/mol. The number of hydrogen-bond acceptors (Lipinski definition) is 9. The number of hydrogen-bond donors (Lipinski definition) is 3. The topological polar surface area (TPSA) is 133 Å². The number of fused-ring (bicyclic) bond motifs is 3. The van der Waals surface area contributed by atoms with Crippen molar-refractivity contribution in [3.05, 3.63) is 63.8 Å². The van der Waals surface area contributed by atoms with Crippen molar-refractivity contribution in [2.45, 2.75) is 52.1 Å². The van der Waals surface area contributed by atoms with E-state index in [0.717, 1.165) is 11.1 Å². The first kappa shape index (κ1) is 34.0. The molecule has 3 aromatic carbocycles. The molecule has 246 valence electrons. The van der Waals surface area contributed by atoms with Crippen LogP contribution in [0.3, 0.4) is 0 Å². The molecule has 0 saturated carbocycles. The first-order valence-corrected chi connectivity index (χ1v) is 15.2. The Morgan fingerprint density at radius 3 is 2.17 bits per heavy atom. The van der Waals surface area contributed by atoms with Crippen molar-refractivity contribution in [1.29, 1.82) is 0 Å². The average Bonchev–Trinajstić information content (AvgIpc) is 3.30. The summed E-state index contributed by atoms with van der Waals surface area (Å²) in [6, 6.07) is 10.8. The highest BCUT2D eigenvalue weighted by Gasteiger charge is 2.30. The molecule has 0 radical (unpaired) electrons. The second-order valence-electron chi connectivity index (χ2n) is 11.2. The van der Waals surface area contributed by atoms with Crippen molar-refractivity contribution >= 4 is 23.2 Å². The van der Waals surface area contributed by atoms with Gasteiger partial charge in [-0.25, -0.2) is 0 Å². The summed E-state index contributed by atoms with van der Waals surface area (Å²) in [5.41, 5.74) is 3.36. The predicted octanol–water partition coefficient (Wildman–Crippen LogP) is 5.35. The summed E-state index contributed by atoms with van der Waals surface area (Å²) in [7, 11) is 7.71. The molecule has 0 bridgehead atoms. The van der Waals surface area contributed by atoms with Crippen molar-refractivity contribution in [3.63, 3.8) is 0 Å². The van der Waals surface area contributed by atoms with E-state index < -0.39 is 12.1 Å². The molecule has 3 aromatic rings. The van der Waals surface area contributed by atoms with Gasteiger partial charge in [-0.2, -0.15) is 0 Å². The Labute approximate surface area is 269 Å². The van der Waals surface area contributed by atoms with Crippen LogP contribution in [0.25, 0.3) is 11.1 Å². The van der Waals surface area contributed by atoms with Gasteiger partial charge in [0.05, 0.1) is 53.0 Å². The van der Waals surface area contributed by atoms with E-state index in [-0.39, 0.29) is 28.8 Å². The molecule has 1 aliphatic carbocycles. The fourth-order valence-corrected chi connectivity index (χ4v) is 5.81. The Morgan fingerprint density at radius 2 is 1.57 bits per heavy atom. The van der Waals surface area contributed by atoms with Gasteiger partial charge in [-0.1, -0.05) is 26.3 Å². The largest absolute Gasteiger partial charge is 0.497 e. The van der Waals surface area contributed by atoms with Gasteiger partial charge >= 0.3 is 0 Å². The molecule has 0 saturated heterocycles. The lowest BCUT2D eigenvalue weighted by Gasteiger charge is -2.24. The zero-order valence-electron chi connectivity index (χ0n) is 27.7. The molecule has 11 heteroatoms. The maximum Gasteiger partial charge on any atom is 0.247 e. The summed E-state index contributed by atoms with van der Waals surface area (Å²) < 4.78 is 27.9. The molecule has 0 fully saturated rings. The molecular formula is C35H43N3O8. The van der Waals surface area contributed by atoms with E-state index in [0.29, 0.717) is 64.8 Å². The zero-order valence-corrected chi connectivity index (χ0v) is 27.7. The smallest absolute Gasteiger partial charge is 0.247 e. The highest BCUT2D eigenvalue weighted by atomic mass is 16.5. The second kappa shape index (κ2) is 14.9. The zero-order chi connectivity index (χ0) is 33.5. The minimum Gasteiger partial charge on any atom is -0.497 e. The fourth-order valence-electron chi connectivity index (χ4n) is 5.81. The van der Waals surface area contributed by atoms with Crippen LogP contribution in [0.1, 0.15) is 50.8 Å². The third-order valence-corrected chi connectivity index (χ3v) is 8.39. The van der Waals surface area contributed by atoms with Gasteiger partial charge in [-0.05, 0) is 65.8 Å². The number of amides is 2. The molecule has 2 amide bonds. The summed E-state index contributed by atoms with van der Waals surface area (Å²) in [5, 5.41) is 9.19. The summed E-state index contributed by atoms with van der Waals surface area (Å²) in [6.07, 6.45) is 1.79. The lowest BCUT2D eigenvalue weighted by Crippen LogP contribution is -2.40. The maximum atomic E-state index is 13.9. The molecule has 3 N–H and O–H groups in total. The number of carbonyl (C=O) groups excluding carboxylic acids is 2. The Hall–Kier alpha value is -4.93. The van der Waals surface area contributed by atoms with E-state index in [9.17, 15) is 14.4 Å². The third kappa shape index (κ3) is 6.98. The number of benzene rings is 2. The van der Waals surface area contributed by atoms with Crippen molar-refractivity contribution in [3.8, 4) is 39.9 Å². The van der Waals surface area contributed by atoms with E-state index in [1.54, 1.807) is 45.6 Å². The maximum absolute atomic E-state index is 13.9. The van der Waals surface area contributed by atoms with Crippen LogP contribution >= 0.6 is 0 Å². The van der Waals surface area contributed by atoms with E-state index in [4.69, 9.17) is 23.7 Å². The van der Waals surface area contributed by atoms with E-state index >= 15 is 0 Å². The van der Waals surface area contributed by atoms with Crippen LogP contribution in [0.15, 0.2) is 47.3 Å². The first-order chi connectivity index (χ1) is 22.1. The number of rotatable bonds is 12. The molecule has 11 nitrogen and oxygen atoms in total. The van der Waals surface area contributed by atoms with Gasteiger partial charge in [0.2, 0.25) is 23.0 Å². The van der Waals surface area contributed by atoms with Crippen molar-refractivity contribution in [2.75, 3.05) is 46.2 Å². The summed E-state index contributed by atoms with van der Waals surface area (Å²) in [5.74, 6) is 1.73. The quantitative estimate of drug-likeness (QED) is 0.242. The number of methoxy groups -OCH3 is 5. The van der Waals surface area contributed by atoms with Crippen molar-refractivity contribution < 1.29 is 33.3 Å². The average molecular weight is 634 g/mol. The molecule has 0 aliphatic heterocycles. The summed E-state index contributed by atoms with van der Waals surface area (Å²) >= 11 is 0. The highest BCUT2D eigenvalue weighted by molar-refractivity contribution is 5.98. The van der Waals surface area contributed by atoms with Gasteiger partial charge in [0.1, 0.15) is 17.5 Å². The Balaban J connectivity index is 1.84. The van der Waals surface area contributed by atoms with Gasteiger partial charge in [-0.3, -0.25) is 14.4 Å². The molecule has 3 atom stereocenters. The minimum absolute atomic E-state index is 0.142. The van der Waals surface area contributed by atoms with Crippen LogP contribution in [0.5, 0.6) is 28.7 Å². The van der Waals surface area contributed by atoms with Gasteiger partial charge in [0, 0.05) is 18.6 Å². The van der Waals surface area contributed by atoms with Crippen LogP contribution < -0.4 is 45.1 Å². The molecule has 3 unspecified atom stereocenters.